The second kappa shape index (κ2) is 7.75. The Balaban J connectivity index is 2.47. The molecule has 1 rings (SSSR count). The Kier molecular flexibility index (Phi) is 6.26. The van der Waals surface area contributed by atoms with Gasteiger partial charge in [-0.25, -0.2) is 0 Å². The van der Waals surface area contributed by atoms with Crippen molar-refractivity contribution in [3.05, 3.63) is 29.8 Å². The number of hydrogen-bond donors (Lipinski definition) is 2. The molecule has 1 atom stereocenters. The van der Waals surface area contributed by atoms with E-state index in [0.29, 0.717) is 0 Å². The number of hydrogen-bond acceptors (Lipinski definition) is 2. The first kappa shape index (κ1) is 14.6. The minimum atomic E-state index is -0.200. The van der Waals surface area contributed by atoms with Crippen LogP contribution in [0.1, 0.15) is 39.2 Å². The molecule has 0 saturated carbocycles. The molecule has 0 aliphatic carbocycles. The van der Waals surface area contributed by atoms with Gasteiger partial charge in [0.2, 0.25) is 5.91 Å². The molecule has 1 aromatic carbocycles. The van der Waals surface area contributed by atoms with E-state index in [1.54, 1.807) is 0 Å². The highest BCUT2D eigenvalue weighted by Gasteiger charge is 2.11. The number of aryl methyl sites for hydroxylation is 1. The third kappa shape index (κ3) is 4.78. The Morgan fingerprint density at radius 3 is 2.78 bits per heavy atom. The first-order valence-corrected chi connectivity index (χ1v) is 6.80. The summed E-state index contributed by atoms with van der Waals surface area (Å²) >= 11 is 0. The van der Waals surface area contributed by atoms with Crippen LogP contribution in [0.4, 0.5) is 5.69 Å². The third-order valence-electron chi connectivity index (χ3n) is 2.94. The first-order chi connectivity index (χ1) is 8.67. The molecule has 0 spiro atoms. The monoisotopic (exact) mass is 248 g/mol. The highest BCUT2D eigenvalue weighted by molar-refractivity contribution is 5.84. The van der Waals surface area contributed by atoms with E-state index in [0.717, 1.165) is 31.5 Å². The number of carbonyl (C=O) groups is 1. The van der Waals surface area contributed by atoms with Gasteiger partial charge >= 0.3 is 0 Å². The van der Waals surface area contributed by atoms with Crippen molar-refractivity contribution < 1.29 is 4.79 Å². The van der Waals surface area contributed by atoms with Crippen molar-refractivity contribution in [1.82, 2.24) is 5.32 Å². The number of carbonyl (C=O) groups excluding carboxylic acids is 1. The quantitative estimate of drug-likeness (QED) is 0.728. The van der Waals surface area contributed by atoms with Crippen molar-refractivity contribution in [3.63, 3.8) is 0 Å². The molecule has 1 amide bonds. The summed E-state index contributed by atoms with van der Waals surface area (Å²) in [4.78, 5) is 11.8. The number of amides is 1. The highest BCUT2D eigenvalue weighted by Crippen LogP contribution is 2.12. The molecule has 0 aliphatic rings. The second-order valence-corrected chi connectivity index (χ2v) is 4.56. The maximum atomic E-state index is 11.8. The van der Waals surface area contributed by atoms with Crippen LogP contribution in [0, 0.1) is 0 Å². The summed E-state index contributed by atoms with van der Waals surface area (Å²) in [7, 11) is 0. The van der Waals surface area contributed by atoms with Crippen LogP contribution in [-0.4, -0.2) is 18.5 Å². The van der Waals surface area contributed by atoms with Crippen molar-refractivity contribution in [2.75, 3.05) is 11.9 Å². The average Bonchev–Trinajstić information content (AvgIpc) is 2.39. The lowest BCUT2D eigenvalue weighted by molar-refractivity contribution is -0.121. The lowest BCUT2D eigenvalue weighted by Gasteiger charge is -2.15. The van der Waals surface area contributed by atoms with E-state index in [-0.39, 0.29) is 11.9 Å². The Morgan fingerprint density at radius 1 is 1.33 bits per heavy atom. The van der Waals surface area contributed by atoms with Gasteiger partial charge in [0.05, 0.1) is 0 Å². The molecule has 2 N–H and O–H groups in total. The highest BCUT2D eigenvalue weighted by atomic mass is 16.2. The smallest absolute Gasteiger partial charge is 0.242 e. The van der Waals surface area contributed by atoms with Crippen LogP contribution < -0.4 is 10.6 Å². The fraction of sp³-hybridized carbons (Fsp3) is 0.533. The molecule has 0 aromatic heterocycles. The molecule has 0 bridgehead atoms. The number of rotatable bonds is 7. The van der Waals surface area contributed by atoms with E-state index >= 15 is 0 Å². The number of nitrogens with one attached hydrogen (secondary N) is 2. The van der Waals surface area contributed by atoms with E-state index in [1.807, 2.05) is 19.1 Å². The topological polar surface area (TPSA) is 41.1 Å². The Bertz CT molecular complexity index is 377. The van der Waals surface area contributed by atoms with Crippen molar-refractivity contribution in [3.8, 4) is 0 Å². The van der Waals surface area contributed by atoms with Gasteiger partial charge in [-0.05, 0) is 37.5 Å². The van der Waals surface area contributed by atoms with Gasteiger partial charge in [0.1, 0.15) is 6.04 Å². The maximum Gasteiger partial charge on any atom is 0.242 e. The Hall–Kier alpha value is -1.51. The Morgan fingerprint density at radius 2 is 2.11 bits per heavy atom. The van der Waals surface area contributed by atoms with Crippen molar-refractivity contribution in [2.24, 2.45) is 0 Å². The summed E-state index contributed by atoms with van der Waals surface area (Å²) in [6.07, 6.45) is 3.14. The maximum absolute atomic E-state index is 11.8. The first-order valence-electron chi connectivity index (χ1n) is 6.80. The molecule has 3 heteroatoms. The minimum absolute atomic E-state index is 0.0605. The SMILES string of the molecule is CCCCNC(=O)C(C)Nc1cccc(CC)c1. The van der Waals surface area contributed by atoms with E-state index in [1.165, 1.54) is 5.56 Å². The zero-order chi connectivity index (χ0) is 13.4. The predicted octanol–water partition coefficient (Wildman–Crippen LogP) is 2.97. The standard InChI is InChI=1S/C15H24N2O/c1-4-6-10-16-15(18)12(3)17-14-9-7-8-13(5-2)11-14/h7-9,11-12,17H,4-6,10H2,1-3H3,(H,16,18). The summed E-state index contributed by atoms with van der Waals surface area (Å²) in [5, 5.41) is 6.16. The fourth-order valence-electron chi connectivity index (χ4n) is 1.74. The molecule has 0 fully saturated rings. The van der Waals surface area contributed by atoms with E-state index in [4.69, 9.17) is 0 Å². The van der Waals surface area contributed by atoms with Gasteiger partial charge < -0.3 is 10.6 Å². The summed E-state index contributed by atoms with van der Waals surface area (Å²) < 4.78 is 0. The Labute approximate surface area is 110 Å². The molecule has 1 unspecified atom stereocenters. The number of anilines is 1. The van der Waals surface area contributed by atoms with Crippen molar-refractivity contribution in [1.29, 1.82) is 0 Å². The summed E-state index contributed by atoms with van der Waals surface area (Å²) in [6.45, 7) is 6.89. The molecule has 1 aromatic rings. The van der Waals surface area contributed by atoms with Crippen LogP contribution in [-0.2, 0) is 11.2 Å². The van der Waals surface area contributed by atoms with Crippen LogP contribution in [0.5, 0.6) is 0 Å². The van der Waals surface area contributed by atoms with Crippen molar-refractivity contribution in [2.45, 2.75) is 46.1 Å². The van der Waals surface area contributed by atoms with Crippen LogP contribution in [0.15, 0.2) is 24.3 Å². The van der Waals surface area contributed by atoms with Gasteiger partial charge in [-0.3, -0.25) is 4.79 Å². The molecule has 18 heavy (non-hydrogen) atoms. The van der Waals surface area contributed by atoms with Crippen LogP contribution in [0.25, 0.3) is 0 Å². The molecule has 3 nitrogen and oxygen atoms in total. The van der Waals surface area contributed by atoms with Crippen LogP contribution in [0.2, 0.25) is 0 Å². The zero-order valence-electron chi connectivity index (χ0n) is 11.6. The van der Waals surface area contributed by atoms with Gasteiger partial charge in [-0.2, -0.15) is 0 Å². The molecule has 0 heterocycles. The largest absolute Gasteiger partial charge is 0.374 e. The van der Waals surface area contributed by atoms with E-state index in [9.17, 15) is 4.79 Å². The fourth-order valence-corrected chi connectivity index (χ4v) is 1.74. The van der Waals surface area contributed by atoms with Gasteiger partial charge in [0, 0.05) is 12.2 Å². The normalized spacial score (nSPS) is 11.9. The molecular formula is C15H24N2O. The summed E-state index contributed by atoms with van der Waals surface area (Å²) in [6, 6.07) is 8.00. The third-order valence-corrected chi connectivity index (χ3v) is 2.94. The minimum Gasteiger partial charge on any atom is -0.374 e. The molecule has 0 radical (unpaired) electrons. The van der Waals surface area contributed by atoms with Crippen LogP contribution in [0.3, 0.4) is 0 Å². The lowest BCUT2D eigenvalue weighted by atomic mass is 10.1. The number of benzene rings is 1. The van der Waals surface area contributed by atoms with Crippen LogP contribution >= 0.6 is 0 Å². The van der Waals surface area contributed by atoms with E-state index in [2.05, 4.69) is 36.6 Å². The van der Waals surface area contributed by atoms with Gasteiger partial charge in [-0.15, -0.1) is 0 Å². The molecule has 100 valence electrons. The van der Waals surface area contributed by atoms with Gasteiger partial charge in [-0.1, -0.05) is 32.4 Å². The lowest BCUT2D eigenvalue weighted by Crippen LogP contribution is -2.37. The van der Waals surface area contributed by atoms with Gasteiger partial charge in [0.15, 0.2) is 0 Å². The average molecular weight is 248 g/mol. The van der Waals surface area contributed by atoms with E-state index < -0.39 is 0 Å². The molecular weight excluding hydrogens is 224 g/mol. The van der Waals surface area contributed by atoms with Crippen molar-refractivity contribution >= 4 is 11.6 Å². The molecule has 0 aliphatic heterocycles. The summed E-state index contributed by atoms with van der Waals surface area (Å²) in [5.41, 5.74) is 2.28. The molecule has 0 saturated heterocycles. The number of unbranched alkanes of at least 4 members (excludes halogenated alkanes) is 1. The van der Waals surface area contributed by atoms with Gasteiger partial charge in [0.25, 0.3) is 0 Å². The summed E-state index contributed by atoms with van der Waals surface area (Å²) in [5.74, 6) is 0.0605. The second-order valence-electron chi connectivity index (χ2n) is 4.56. The zero-order valence-corrected chi connectivity index (χ0v) is 11.6. The predicted molar refractivity (Wildman–Crippen MR) is 76.8 cm³/mol.